The summed E-state index contributed by atoms with van der Waals surface area (Å²) >= 11 is 0. The molecule has 1 aromatic carbocycles. The predicted molar refractivity (Wildman–Crippen MR) is 124 cm³/mol. The van der Waals surface area contributed by atoms with E-state index in [1.807, 2.05) is 66.9 Å². The fourth-order valence-electron chi connectivity index (χ4n) is 3.44. The van der Waals surface area contributed by atoms with Crippen LogP contribution in [0.4, 0.5) is 5.82 Å². The second-order valence-corrected chi connectivity index (χ2v) is 7.62. The number of nitrogens with zero attached hydrogens (tertiary/aromatic N) is 4. The van der Waals surface area contributed by atoms with Gasteiger partial charge in [0, 0.05) is 32.0 Å². The van der Waals surface area contributed by atoms with Crippen LogP contribution in [0.25, 0.3) is 17.1 Å². The highest BCUT2D eigenvalue weighted by molar-refractivity contribution is 5.81. The first-order chi connectivity index (χ1) is 14.9. The van der Waals surface area contributed by atoms with Gasteiger partial charge in [-0.15, -0.1) is 0 Å². The predicted octanol–water partition coefficient (Wildman–Crippen LogP) is 3.46. The van der Waals surface area contributed by atoms with Crippen molar-refractivity contribution in [1.29, 1.82) is 0 Å². The summed E-state index contributed by atoms with van der Waals surface area (Å²) < 4.78 is 2.04. The molecule has 3 aromatic rings. The second kappa shape index (κ2) is 10.0. The summed E-state index contributed by atoms with van der Waals surface area (Å²) in [4.78, 5) is 22.6. The van der Waals surface area contributed by atoms with Gasteiger partial charge in [0.2, 0.25) is 6.41 Å². The van der Waals surface area contributed by atoms with Crippen molar-refractivity contribution in [1.82, 2.24) is 19.4 Å². The molecule has 0 saturated carbocycles. The average molecular weight is 420 g/mol. The smallest absolute Gasteiger partial charge is 0.212 e. The first-order valence-electron chi connectivity index (χ1n) is 10.2. The number of amides is 1. The molecule has 0 unspecified atom stereocenters. The van der Waals surface area contributed by atoms with Crippen molar-refractivity contribution in [2.45, 2.75) is 26.8 Å². The molecule has 0 aliphatic heterocycles. The van der Waals surface area contributed by atoms with E-state index >= 15 is 0 Å². The monoisotopic (exact) mass is 419 g/mol. The average Bonchev–Trinajstić information content (AvgIpc) is 3.11. The lowest BCUT2D eigenvalue weighted by Gasteiger charge is -2.23. The number of aromatic nitrogens is 3. The number of imidazole rings is 1. The van der Waals surface area contributed by atoms with Gasteiger partial charge < -0.3 is 19.9 Å². The van der Waals surface area contributed by atoms with E-state index in [2.05, 4.69) is 22.9 Å². The van der Waals surface area contributed by atoms with Crippen LogP contribution in [0, 0.1) is 13.8 Å². The zero-order valence-corrected chi connectivity index (χ0v) is 18.3. The molecule has 0 aliphatic carbocycles. The third-order valence-corrected chi connectivity index (χ3v) is 5.12. The van der Waals surface area contributed by atoms with Gasteiger partial charge in [0.05, 0.1) is 17.9 Å². The molecule has 7 nitrogen and oxygen atoms in total. The zero-order chi connectivity index (χ0) is 22.4. The number of benzene rings is 1. The highest BCUT2D eigenvalue weighted by atomic mass is 16.3. The molecular weight excluding hydrogens is 390 g/mol. The number of aliphatic hydroxyl groups is 1. The molecule has 0 atom stereocenters. The summed E-state index contributed by atoms with van der Waals surface area (Å²) in [5.41, 5.74) is 5.44. The number of pyridine rings is 1. The first-order valence-corrected chi connectivity index (χ1v) is 10.2. The molecule has 31 heavy (non-hydrogen) atoms. The molecule has 2 N–H and O–H groups in total. The fraction of sp³-hybridized carbons (Fsp3) is 0.292. The maximum atomic E-state index is 11.3. The summed E-state index contributed by atoms with van der Waals surface area (Å²) in [6, 6.07) is 12.1. The number of aryl methyl sites for hydroxylation is 2. The number of aliphatic hydroxyl groups excluding tert-OH is 1. The number of hydrogen-bond acceptors (Lipinski definition) is 5. The standard InChI is InChI=1S/C24H29N5O2/c1-17-7-5-8-20(13-17)24-27-23(26-16-31)22(19(3)28(4)11-6-12-30)29(24)15-21-10-9-18(2)14-25-21/h5,7-10,13-14,16,30H,3,6,11-12,15H2,1-2,4H3,(H,26,31). The van der Waals surface area contributed by atoms with Crippen LogP contribution in [-0.4, -0.2) is 51.2 Å². The van der Waals surface area contributed by atoms with Gasteiger partial charge >= 0.3 is 0 Å². The molecule has 2 heterocycles. The maximum absolute atomic E-state index is 11.3. The highest BCUT2D eigenvalue weighted by Crippen LogP contribution is 2.32. The molecule has 0 spiro atoms. The topological polar surface area (TPSA) is 83.3 Å². The molecule has 7 heteroatoms. The Kier molecular flexibility index (Phi) is 7.20. The van der Waals surface area contributed by atoms with Gasteiger partial charge in [0.25, 0.3) is 0 Å². The minimum atomic E-state index is 0.0954. The van der Waals surface area contributed by atoms with Crippen LogP contribution in [0.3, 0.4) is 0 Å². The van der Waals surface area contributed by atoms with E-state index in [-0.39, 0.29) is 6.61 Å². The zero-order valence-electron chi connectivity index (χ0n) is 18.3. The largest absolute Gasteiger partial charge is 0.396 e. The Bertz CT molecular complexity index is 1060. The van der Waals surface area contributed by atoms with E-state index in [4.69, 9.17) is 4.98 Å². The van der Waals surface area contributed by atoms with Crippen molar-refractivity contribution >= 4 is 17.9 Å². The van der Waals surface area contributed by atoms with Crippen molar-refractivity contribution in [3.63, 3.8) is 0 Å². The van der Waals surface area contributed by atoms with Crippen LogP contribution in [0.5, 0.6) is 0 Å². The summed E-state index contributed by atoms with van der Waals surface area (Å²) in [6.07, 6.45) is 3.08. The number of nitrogens with one attached hydrogen (secondary N) is 1. The Morgan fingerprint density at radius 1 is 1.26 bits per heavy atom. The van der Waals surface area contributed by atoms with E-state index in [1.54, 1.807) is 0 Å². The van der Waals surface area contributed by atoms with Gasteiger partial charge in [-0.3, -0.25) is 9.78 Å². The quantitative estimate of drug-likeness (QED) is 0.492. The number of carbonyl (C=O) groups is 1. The minimum Gasteiger partial charge on any atom is -0.396 e. The van der Waals surface area contributed by atoms with Gasteiger partial charge in [-0.25, -0.2) is 4.98 Å². The van der Waals surface area contributed by atoms with E-state index in [0.29, 0.717) is 43.1 Å². The third kappa shape index (κ3) is 5.19. The van der Waals surface area contributed by atoms with Gasteiger partial charge in [-0.1, -0.05) is 36.4 Å². The Morgan fingerprint density at radius 2 is 2.06 bits per heavy atom. The van der Waals surface area contributed by atoms with Gasteiger partial charge in [-0.05, 0) is 38.0 Å². The summed E-state index contributed by atoms with van der Waals surface area (Å²) in [5.74, 6) is 1.17. The maximum Gasteiger partial charge on any atom is 0.212 e. The van der Waals surface area contributed by atoms with E-state index in [0.717, 1.165) is 28.2 Å². The van der Waals surface area contributed by atoms with E-state index in [9.17, 15) is 9.90 Å². The lowest BCUT2D eigenvalue weighted by Crippen LogP contribution is -2.21. The first kappa shape index (κ1) is 22.2. The van der Waals surface area contributed by atoms with Gasteiger partial charge in [0.15, 0.2) is 5.82 Å². The lowest BCUT2D eigenvalue weighted by molar-refractivity contribution is -0.105. The number of carbonyl (C=O) groups excluding carboxylic acids is 1. The Labute approximate surface area is 183 Å². The molecule has 1 amide bonds. The molecule has 0 fully saturated rings. The summed E-state index contributed by atoms with van der Waals surface area (Å²) in [6.45, 7) is 9.50. The highest BCUT2D eigenvalue weighted by Gasteiger charge is 2.23. The molecular formula is C24H29N5O2. The normalized spacial score (nSPS) is 10.7. The van der Waals surface area contributed by atoms with Crippen LogP contribution in [0.15, 0.2) is 49.2 Å². The van der Waals surface area contributed by atoms with Gasteiger partial charge in [-0.2, -0.15) is 0 Å². The van der Waals surface area contributed by atoms with Gasteiger partial charge in [0.1, 0.15) is 11.5 Å². The molecule has 2 aromatic heterocycles. The minimum absolute atomic E-state index is 0.0954. The van der Waals surface area contributed by atoms with Crippen molar-refractivity contribution < 1.29 is 9.90 Å². The van der Waals surface area contributed by atoms with Crippen LogP contribution >= 0.6 is 0 Å². The van der Waals surface area contributed by atoms with Crippen LogP contribution in [0.1, 0.15) is 28.9 Å². The van der Waals surface area contributed by atoms with Crippen molar-refractivity contribution in [2.75, 3.05) is 25.5 Å². The fourth-order valence-corrected chi connectivity index (χ4v) is 3.44. The SMILES string of the molecule is C=C(c1c(NC=O)nc(-c2cccc(C)c2)n1Cc1ccc(C)cn1)N(C)CCCO. The van der Waals surface area contributed by atoms with E-state index < -0.39 is 0 Å². The summed E-state index contributed by atoms with van der Waals surface area (Å²) in [7, 11) is 1.91. The van der Waals surface area contributed by atoms with Crippen LogP contribution in [-0.2, 0) is 11.3 Å². The Hall–Kier alpha value is -3.45. The molecule has 3 rings (SSSR count). The van der Waals surface area contributed by atoms with Crippen molar-refractivity contribution in [3.8, 4) is 11.4 Å². The van der Waals surface area contributed by atoms with Crippen LogP contribution < -0.4 is 5.32 Å². The van der Waals surface area contributed by atoms with Crippen LogP contribution in [0.2, 0.25) is 0 Å². The molecule has 0 bridgehead atoms. The summed E-state index contributed by atoms with van der Waals surface area (Å²) in [5, 5.41) is 12.0. The molecule has 0 radical (unpaired) electrons. The van der Waals surface area contributed by atoms with E-state index in [1.165, 1.54) is 0 Å². The molecule has 162 valence electrons. The number of hydrogen-bond donors (Lipinski definition) is 2. The third-order valence-electron chi connectivity index (χ3n) is 5.12. The Balaban J connectivity index is 2.16. The molecule has 0 aliphatic rings. The number of anilines is 1. The Morgan fingerprint density at radius 3 is 2.71 bits per heavy atom. The second-order valence-electron chi connectivity index (χ2n) is 7.62. The van der Waals surface area contributed by atoms with Crippen molar-refractivity contribution in [2.24, 2.45) is 0 Å². The van der Waals surface area contributed by atoms with Crippen molar-refractivity contribution in [3.05, 3.63) is 71.7 Å². The molecule has 0 saturated heterocycles. The number of rotatable bonds is 10. The lowest BCUT2D eigenvalue weighted by atomic mass is 10.1.